The first-order chi connectivity index (χ1) is 8.04. The minimum absolute atomic E-state index is 0.0680. The van der Waals surface area contributed by atoms with E-state index in [1.807, 2.05) is 19.9 Å². The molecule has 1 heterocycles. The molecule has 5 heteroatoms. The van der Waals surface area contributed by atoms with Gasteiger partial charge in [0.2, 0.25) is 0 Å². The maximum Gasteiger partial charge on any atom is 0.253 e. The first-order valence-corrected chi connectivity index (χ1v) is 5.77. The third-order valence-corrected chi connectivity index (χ3v) is 2.62. The second-order valence-electron chi connectivity index (χ2n) is 3.80. The van der Waals surface area contributed by atoms with Gasteiger partial charge < -0.3 is 15.6 Å². The molecule has 0 aromatic carbocycles. The van der Waals surface area contributed by atoms with Crippen molar-refractivity contribution in [2.24, 2.45) is 0 Å². The second kappa shape index (κ2) is 6.20. The summed E-state index contributed by atoms with van der Waals surface area (Å²) in [5.74, 6) is 0. The highest BCUT2D eigenvalue weighted by Crippen LogP contribution is 2.02. The van der Waals surface area contributed by atoms with E-state index in [-0.39, 0.29) is 5.56 Å². The standard InChI is InChI=1S/C12H17N3OS/c1-4-5-13-12(17)14-7-10-8(2)6-9(3)15-11(10)16/h4,6H,1,5,7H2,2-3H3,(H,15,16)(H2,13,14,17). The van der Waals surface area contributed by atoms with E-state index in [1.165, 1.54) is 0 Å². The van der Waals surface area contributed by atoms with Gasteiger partial charge >= 0.3 is 0 Å². The van der Waals surface area contributed by atoms with Crippen molar-refractivity contribution >= 4 is 17.3 Å². The van der Waals surface area contributed by atoms with Gasteiger partial charge in [0.05, 0.1) is 0 Å². The van der Waals surface area contributed by atoms with Crippen molar-refractivity contribution in [1.29, 1.82) is 0 Å². The Hall–Kier alpha value is -1.62. The predicted molar refractivity (Wildman–Crippen MR) is 74.2 cm³/mol. The third-order valence-electron chi connectivity index (χ3n) is 2.33. The first-order valence-electron chi connectivity index (χ1n) is 5.36. The van der Waals surface area contributed by atoms with Crippen LogP contribution in [0.15, 0.2) is 23.5 Å². The Balaban J connectivity index is 2.67. The smallest absolute Gasteiger partial charge is 0.253 e. The molecule has 0 fully saturated rings. The first kappa shape index (κ1) is 13.4. The van der Waals surface area contributed by atoms with Crippen LogP contribution in [0.4, 0.5) is 0 Å². The molecule has 0 aliphatic heterocycles. The maximum atomic E-state index is 11.7. The number of rotatable bonds is 4. The monoisotopic (exact) mass is 251 g/mol. The van der Waals surface area contributed by atoms with Gasteiger partial charge in [-0.05, 0) is 37.7 Å². The summed E-state index contributed by atoms with van der Waals surface area (Å²) >= 11 is 5.05. The van der Waals surface area contributed by atoms with Crippen LogP contribution in [0.5, 0.6) is 0 Å². The van der Waals surface area contributed by atoms with Crippen LogP contribution in [0.2, 0.25) is 0 Å². The molecule has 17 heavy (non-hydrogen) atoms. The fraction of sp³-hybridized carbons (Fsp3) is 0.333. The Morgan fingerprint density at radius 3 is 2.82 bits per heavy atom. The summed E-state index contributed by atoms with van der Waals surface area (Å²) in [5, 5.41) is 6.45. The molecule has 1 aromatic rings. The number of H-pyrrole nitrogens is 1. The van der Waals surface area contributed by atoms with Gasteiger partial charge in [-0.25, -0.2) is 0 Å². The highest BCUT2D eigenvalue weighted by atomic mass is 32.1. The quantitative estimate of drug-likeness (QED) is 0.555. The van der Waals surface area contributed by atoms with E-state index in [0.717, 1.165) is 11.3 Å². The Morgan fingerprint density at radius 1 is 1.53 bits per heavy atom. The lowest BCUT2D eigenvalue weighted by Crippen LogP contribution is -2.36. The van der Waals surface area contributed by atoms with Crippen LogP contribution in [0.3, 0.4) is 0 Å². The van der Waals surface area contributed by atoms with Crippen molar-refractivity contribution in [2.75, 3.05) is 6.54 Å². The van der Waals surface area contributed by atoms with Crippen molar-refractivity contribution < 1.29 is 0 Å². The van der Waals surface area contributed by atoms with Crippen LogP contribution in [0, 0.1) is 13.8 Å². The highest BCUT2D eigenvalue weighted by molar-refractivity contribution is 7.80. The van der Waals surface area contributed by atoms with Crippen molar-refractivity contribution in [3.05, 3.63) is 45.9 Å². The molecule has 1 aromatic heterocycles. The number of nitrogens with one attached hydrogen (secondary N) is 3. The van der Waals surface area contributed by atoms with Crippen molar-refractivity contribution in [3.8, 4) is 0 Å². The lowest BCUT2D eigenvalue weighted by Gasteiger charge is -2.10. The van der Waals surface area contributed by atoms with Gasteiger partial charge in [0.25, 0.3) is 5.56 Å². The molecule has 0 aliphatic carbocycles. The van der Waals surface area contributed by atoms with E-state index in [4.69, 9.17) is 12.2 Å². The molecule has 0 bridgehead atoms. The van der Waals surface area contributed by atoms with Crippen molar-refractivity contribution in [3.63, 3.8) is 0 Å². The van der Waals surface area contributed by atoms with E-state index < -0.39 is 0 Å². The lowest BCUT2D eigenvalue weighted by molar-refractivity contribution is 0.847. The van der Waals surface area contributed by atoms with E-state index in [9.17, 15) is 4.79 Å². The van der Waals surface area contributed by atoms with Crippen molar-refractivity contribution in [2.45, 2.75) is 20.4 Å². The number of aromatic amines is 1. The van der Waals surface area contributed by atoms with E-state index in [0.29, 0.717) is 23.8 Å². The van der Waals surface area contributed by atoms with Gasteiger partial charge in [0, 0.05) is 24.3 Å². The average Bonchev–Trinajstić information content (AvgIpc) is 2.24. The molecule has 0 atom stereocenters. The molecule has 3 N–H and O–H groups in total. The molecule has 92 valence electrons. The van der Waals surface area contributed by atoms with Gasteiger partial charge in [0.15, 0.2) is 5.11 Å². The fourth-order valence-electron chi connectivity index (χ4n) is 1.50. The Kier molecular flexibility index (Phi) is 4.90. The van der Waals surface area contributed by atoms with Gasteiger partial charge in [-0.15, -0.1) is 6.58 Å². The SMILES string of the molecule is C=CCNC(=S)NCc1c(C)cc(C)[nH]c1=O. The van der Waals surface area contributed by atoms with Crippen LogP contribution in [0.1, 0.15) is 16.8 Å². The van der Waals surface area contributed by atoms with Gasteiger partial charge in [-0.2, -0.15) is 0 Å². The molecule has 0 aliphatic rings. The summed E-state index contributed by atoms with van der Waals surface area (Å²) in [5.41, 5.74) is 2.47. The van der Waals surface area contributed by atoms with Crippen LogP contribution in [-0.2, 0) is 6.54 Å². The van der Waals surface area contributed by atoms with Gasteiger partial charge in [-0.1, -0.05) is 6.08 Å². The van der Waals surface area contributed by atoms with E-state index in [2.05, 4.69) is 22.2 Å². The number of aromatic nitrogens is 1. The van der Waals surface area contributed by atoms with E-state index >= 15 is 0 Å². The molecule has 0 saturated carbocycles. The van der Waals surface area contributed by atoms with E-state index in [1.54, 1.807) is 6.08 Å². The minimum atomic E-state index is -0.0680. The molecule has 0 amide bonds. The number of thiocarbonyl (C=S) groups is 1. The summed E-state index contributed by atoms with van der Waals surface area (Å²) in [6.45, 7) is 8.39. The molecule has 0 saturated heterocycles. The summed E-state index contributed by atoms with van der Waals surface area (Å²) in [7, 11) is 0. The average molecular weight is 251 g/mol. The minimum Gasteiger partial charge on any atom is -0.359 e. The summed E-state index contributed by atoms with van der Waals surface area (Å²) in [6, 6.07) is 1.94. The number of pyridine rings is 1. The molecule has 0 spiro atoms. The molecule has 0 unspecified atom stereocenters. The fourth-order valence-corrected chi connectivity index (χ4v) is 1.65. The molecule has 4 nitrogen and oxygen atoms in total. The zero-order valence-electron chi connectivity index (χ0n) is 10.1. The number of hydrogen-bond acceptors (Lipinski definition) is 2. The summed E-state index contributed by atoms with van der Waals surface area (Å²) < 4.78 is 0. The Labute approximate surface area is 106 Å². The summed E-state index contributed by atoms with van der Waals surface area (Å²) in [4.78, 5) is 14.5. The molecular formula is C12H17N3OS. The molecule has 1 rings (SSSR count). The van der Waals surface area contributed by atoms with Crippen LogP contribution in [-0.4, -0.2) is 16.6 Å². The zero-order chi connectivity index (χ0) is 12.8. The van der Waals surface area contributed by atoms with Crippen LogP contribution >= 0.6 is 12.2 Å². The predicted octanol–water partition coefficient (Wildman–Crippen LogP) is 1.14. The largest absolute Gasteiger partial charge is 0.359 e. The number of aryl methyl sites for hydroxylation is 2. The Morgan fingerprint density at radius 2 is 2.24 bits per heavy atom. The maximum absolute atomic E-state index is 11.7. The van der Waals surface area contributed by atoms with Gasteiger partial charge in [-0.3, -0.25) is 4.79 Å². The normalized spacial score (nSPS) is 9.76. The third kappa shape index (κ3) is 4.03. The topological polar surface area (TPSA) is 56.9 Å². The zero-order valence-corrected chi connectivity index (χ0v) is 10.9. The lowest BCUT2D eigenvalue weighted by atomic mass is 10.1. The van der Waals surface area contributed by atoms with Crippen molar-refractivity contribution in [1.82, 2.24) is 15.6 Å². The van der Waals surface area contributed by atoms with Crippen LogP contribution < -0.4 is 16.2 Å². The summed E-state index contributed by atoms with van der Waals surface area (Å²) in [6.07, 6.45) is 1.72. The number of hydrogen-bond donors (Lipinski definition) is 3. The highest BCUT2D eigenvalue weighted by Gasteiger charge is 2.05. The molecule has 0 radical (unpaired) electrons. The molecular weight excluding hydrogens is 234 g/mol. The van der Waals surface area contributed by atoms with Crippen LogP contribution in [0.25, 0.3) is 0 Å². The van der Waals surface area contributed by atoms with Gasteiger partial charge in [0.1, 0.15) is 0 Å². The Bertz CT molecular complexity index is 479. The second-order valence-corrected chi connectivity index (χ2v) is 4.20.